The van der Waals surface area contributed by atoms with Crippen LogP contribution in [0.4, 0.5) is 4.79 Å². The van der Waals surface area contributed by atoms with Crippen LogP contribution in [0, 0.1) is 6.92 Å². The number of hydrazone groups is 1. The molecule has 3 aromatic rings. The smallest absolute Gasteiger partial charge is 0.338 e. The summed E-state index contributed by atoms with van der Waals surface area (Å²) >= 11 is 6.53. The van der Waals surface area contributed by atoms with Crippen LogP contribution in [-0.2, 0) is 20.9 Å². The Hall–Kier alpha value is -5.23. The van der Waals surface area contributed by atoms with Gasteiger partial charge in [0.2, 0.25) is 0 Å². The molecule has 12 nitrogen and oxygen atoms in total. The number of amides is 3. The topological polar surface area (TPSA) is 146 Å². The Labute approximate surface area is 278 Å². The van der Waals surface area contributed by atoms with Gasteiger partial charge in [0.1, 0.15) is 6.61 Å². The Morgan fingerprint density at radius 3 is 2.51 bits per heavy atom. The van der Waals surface area contributed by atoms with Crippen LogP contribution in [-0.4, -0.2) is 51.1 Å². The molecule has 13 heteroatoms. The predicted molar refractivity (Wildman–Crippen MR) is 176 cm³/mol. The molecule has 4 rings (SSSR count). The molecule has 1 atom stereocenters. The SMILES string of the molecule is CCOC(=O)C1=C(C)NC(=O)N[C@@H]1c1ccc(OCC(=O)N/N=C\c2cc(Cl)c(OCc3cccc(C)c3)c(OCC)c2)c(OC)c1. The van der Waals surface area contributed by atoms with Gasteiger partial charge in [0.15, 0.2) is 29.6 Å². The van der Waals surface area contributed by atoms with Gasteiger partial charge in [0.25, 0.3) is 5.91 Å². The highest BCUT2D eigenvalue weighted by Gasteiger charge is 2.32. The third-order valence-corrected chi connectivity index (χ3v) is 7.13. The molecule has 3 amide bonds. The van der Waals surface area contributed by atoms with E-state index >= 15 is 0 Å². The van der Waals surface area contributed by atoms with Crippen molar-refractivity contribution in [1.29, 1.82) is 0 Å². The lowest BCUT2D eigenvalue weighted by Crippen LogP contribution is -2.45. The second kappa shape index (κ2) is 16.4. The van der Waals surface area contributed by atoms with Crippen molar-refractivity contribution in [3.8, 4) is 23.0 Å². The number of aryl methyl sites for hydroxylation is 1. The van der Waals surface area contributed by atoms with E-state index < -0.39 is 23.9 Å². The maximum absolute atomic E-state index is 12.6. The van der Waals surface area contributed by atoms with Gasteiger partial charge in [0, 0.05) is 5.70 Å². The summed E-state index contributed by atoms with van der Waals surface area (Å²) in [6, 6.07) is 15.0. The first kappa shape index (κ1) is 34.6. The number of esters is 1. The number of nitrogens with one attached hydrogen (secondary N) is 3. The first-order valence-corrected chi connectivity index (χ1v) is 15.2. The molecule has 0 aliphatic carbocycles. The largest absolute Gasteiger partial charge is 0.493 e. The molecule has 0 bridgehead atoms. The monoisotopic (exact) mass is 664 g/mol. The zero-order chi connectivity index (χ0) is 33.9. The fraction of sp³-hybridized carbons (Fsp3) is 0.294. The van der Waals surface area contributed by atoms with E-state index in [1.165, 1.54) is 13.3 Å². The molecule has 0 saturated carbocycles. The molecule has 0 saturated heterocycles. The molecule has 1 heterocycles. The minimum atomic E-state index is -0.783. The zero-order valence-electron chi connectivity index (χ0n) is 26.8. The summed E-state index contributed by atoms with van der Waals surface area (Å²) in [6.07, 6.45) is 1.43. The van der Waals surface area contributed by atoms with E-state index in [1.54, 1.807) is 44.2 Å². The van der Waals surface area contributed by atoms with Gasteiger partial charge in [-0.2, -0.15) is 5.10 Å². The fourth-order valence-corrected chi connectivity index (χ4v) is 5.06. The average molecular weight is 665 g/mol. The molecule has 0 aromatic heterocycles. The lowest BCUT2D eigenvalue weighted by atomic mass is 9.95. The molecular formula is C34H37ClN4O8. The molecular weight excluding hydrogens is 628 g/mol. The molecule has 0 unspecified atom stereocenters. The molecule has 1 aliphatic heterocycles. The van der Waals surface area contributed by atoms with Gasteiger partial charge >= 0.3 is 12.0 Å². The highest BCUT2D eigenvalue weighted by Crippen LogP contribution is 2.37. The van der Waals surface area contributed by atoms with Crippen LogP contribution in [0.25, 0.3) is 0 Å². The molecule has 3 N–H and O–H groups in total. The summed E-state index contributed by atoms with van der Waals surface area (Å²) in [7, 11) is 1.44. The standard InChI is InChI=1S/C34H37ClN4O8/c1-6-44-28-15-23(14-25(35)32(28)47-18-22-10-8-9-20(3)13-22)17-36-39-29(40)19-46-26-12-11-24(16-27(26)43-5)31-30(33(41)45-7-2)21(4)37-34(42)38-31/h8-17,31H,6-7,18-19H2,1-5H3,(H,39,40)(H2,37,38,42)/b36-17-/t31-/m1/s1. The van der Waals surface area contributed by atoms with Gasteiger partial charge in [-0.25, -0.2) is 15.0 Å². The number of ether oxygens (including phenoxy) is 5. The summed E-state index contributed by atoms with van der Waals surface area (Å²) < 4.78 is 28.1. The fourth-order valence-electron chi connectivity index (χ4n) is 4.78. The number of methoxy groups -OCH3 is 1. The summed E-state index contributed by atoms with van der Waals surface area (Å²) in [5.41, 5.74) is 6.32. The molecule has 1 aliphatic rings. The Morgan fingerprint density at radius 2 is 1.79 bits per heavy atom. The summed E-state index contributed by atoms with van der Waals surface area (Å²) in [5.74, 6) is 0.325. The summed E-state index contributed by atoms with van der Waals surface area (Å²) in [5, 5.41) is 9.67. The Morgan fingerprint density at radius 1 is 0.979 bits per heavy atom. The van der Waals surface area contributed by atoms with Crippen molar-refractivity contribution in [2.24, 2.45) is 5.10 Å². The van der Waals surface area contributed by atoms with Gasteiger partial charge in [-0.3, -0.25) is 4.79 Å². The van der Waals surface area contributed by atoms with Gasteiger partial charge in [-0.15, -0.1) is 0 Å². The van der Waals surface area contributed by atoms with Crippen LogP contribution < -0.4 is 35.0 Å². The number of hydrogen-bond donors (Lipinski definition) is 3. The van der Waals surface area contributed by atoms with E-state index in [0.717, 1.165) is 11.1 Å². The van der Waals surface area contributed by atoms with E-state index in [4.69, 9.17) is 35.3 Å². The van der Waals surface area contributed by atoms with Crippen molar-refractivity contribution in [2.45, 2.75) is 40.3 Å². The van der Waals surface area contributed by atoms with E-state index in [9.17, 15) is 14.4 Å². The number of allylic oxidation sites excluding steroid dienone is 1. The lowest BCUT2D eigenvalue weighted by Gasteiger charge is -2.28. The van der Waals surface area contributed by atoms with Crippen molar-refractivity contribution >= 4 is 35.7 Å². The summed E-state index contributed by atoms with van der Waals surface area (Å²) in [6.45, 7) is 7.70. The molecule has 0 spiro atoms. The van der Waals surface area contributed by atoms with E-state index in [0.29, 0.717) is 46.6 Å². The number of benzene rings is 3. The van der Waals surface area contributed by atoms with E-state index in [2.05, 4.69) is 21.2 Å². The van der Waals surface area contributed by atoms with E-state index in [1.807, 2.05) is 38.1 Å². The number of urea groups is 1. The van der Waals surface area contributed by atoms with Crippen LogP contribution in [0.1, 0.15) is 49.1 Å². The Bertz CT molecular complexity index is 1690. The molecule has 248 valence electrons. The lowest BCUT2D eigenvalue weighted by molar-refractivity contribution is -0.139. The number of rotatable bonds is 14. The number of hydrogen-bond acceptors (Lipinski definition) is 9. The maximum Gasteiger partial charge on any atom is 0.338 e. The van der Waals surface area contributed by atoms with Crippen molar-refractivity contribution in [3.63, 3.8) is 0 Å². The minimum Gasteiger partial charge on any atom is -0.493 e. The molecule has 47 heavy (non-hydrogen) atoms. The Balaban J connectivity index is 1.39. The maximum atomic E-state index is 12.6. The molecule has 3 aromatic carbocycles. The third kappa shape index (κ3) is 9.17. The first-order valence-electron chi connectivity index (χ1n) is 14.9. The van der Waals surface area contributed by atoms with Gasteiger partial charge < -0.3 is 34.3 Å². The van der Waals surface area contributed by atoms with Gasteiger partial charge in [-0.05, 0) is 68.7 Å². The van der Waals surface area contributed by atoms with Crippen molar-refractivity contribution in [2.75, 3.05) is 26.9 Å². The molecule has 0 fully saturated rings. The predicted octanol–water partition coefficient (Wildman–Crippen LogP) is 5.35. The zero-order valence-corrected chi connectivity index (χ0v) is 27.5. The van der Waals surface area contributed by atoms with Crippen LogP contribution >= 0.6 is 11.6 Å². The summed E-state index contributed by atoms with van der Waals surface area (Å²) in [4.78, 5) is 37.4. The van der Waals surface area contributed by atoms with Gasteiger partial charge in [-0.1, -0.05) is 47.5 Å². The van der Waals surface area contributed by atoms with Crippen LogP contribution in [0.15, 0.2) is 71.0 Å². The molecule has 0 radical (unpaired) electrons. The van der Waals surface area contributed by atoms with Crippen molar-refractivity contribution in [1.82, 2.24) is 16.1 Å². The van der Waals surface area contributed by atoms with E-state index in [-0.39, 0.29) is 30.3 Å². The number of carbonyl (C=O) groups excluding carboxylic acids is 3. The van der Waals surface area contributed by atoms with Crippen molar-refractivity contribution < 1.29 is 38.1 Å². The highest BCUT2D eigenvalue weighted by molar-refractivity contribution is 6.32. The second-order valence-corrected chi connectivity index (χ2v) is 10.7. The van der Waals surface area contributed by atoms with Crippen LogP contribution in [0.2, 0.25) is 5.02 Å². The quantitative estimate of drug-likeness (QED) is 0.119. The third-order valence-electron chi connectivity index (χ3n) is 6.84. The second-order valence-electron chi connectivity index (χ2n) is 10.3. The number of halogens is 1. The van der Waals surface area contributed by atoms with Crippen LogP contribution in [0.5, 0.6) is 23.0 Å². The minimum absolute atomic E-state index is 0.177. The first-order chi connectivity index (χ1) is 22.6. The van der Waals surface area contributed by atoms with Gasteiger partial charge in [0.05, 0.1) is 43.2 Å². The Kier molecular flexibility index (Phi) is 12.1. The number of nitrogens with zero attached hydrogens (tertiary/aromatic N) is 1. The normalized spacial score (nSPS) is 14.3. The van der Waals surface area contributed by atoms with Crippen molar-refractivity contribution in [3.05, 3.63) is 93.1 Å². The average Bonchev–Trinajstić information content (AvgIpc) is 3.03. The highest BCUT2D eigenvalue weighted by atomic mass is 35.5. The van der Waals surface area contributed by atoms with Crippen LogP contribution in [0.3, 0.4) is 0 Å². The number of carbonyl (C=O) groups is 3.